The van der Waals surface area contributed by atoms with Gasteiger partial charge in [0.15, 0.2) is 9.84 Å². The highest BCUT2D eigenvalue weighted by Crippen LogP contribution is 2.35. The molecule has 26 heavy (non-hydrogen) atoms. The van der Waals surface area contributed by atoms with E-state index in [4.69, 9.17) is 0 Å². The maximum Gasteiger partial charge on any atom is 0.311 e. The van der Waals surface area contributed by atoms with Crippen LogP contribution in [0.2, 0.25) is 0 Å². The summed E-state index contributed by atoms with van der Waals surface area (Å²) < 4.78 is 23.9. The molecule has 0 aromatic heterocycles. The van der Waals surface area contributed by atoms with Gasteiger partial charge in [0.05, 0.1) is 4.92 Å². The molecule has 0 amide bonds. The summed E-state index contributed by atoms with van der Waals surface area (Å²) in [6.07, 6.45) is 6.01. The highest BCUT2D eigenvalue weighted by molar-refractivity contribution is 7.90. The number of nitro groups is 1. The number of nitrogens with zero attached hydrogens (tertiary/aromatic N) is 3. The van der Waals surface area contributed by atoms with Gasteiger partial charge in [0.2, 0.25) is 0 Å². The SMILES string of the molecule is CC1CCC(N2CCN(c3cccc(S(C)(=O)=O)c3[N+](=O)[O-])CC2)CC1. The average Bonchev–Trinajstić information content (AvgIpc) is 2.61. The lowest BCUT2D eigenvalue weighted by Crippen LogP contribution is -2.51. The number of anilines is 1. The quantitative estimate of drug-likeness (QED) is 0.589. The fourth-order valence-corrected chi connectivity index (χ4v) is 5.04. The second-order valence-corrected chi connectivity index (χ2v) is 9.57. The lowest BCUT2D eigenvalue weighted by molar-refractivity contribution is -0.387. The summed E-state index contributed by atoms with van der Waals surface area (Å²) in [6.45, 7) is 5.39. The fourth-order valence-electron chi connectivity index (χ4n) is 4.18. The van der Waals surface area contributed by atoms with E-state index in [1.54, 1.807) is 12.1 Å². The predicted molar refractivity (Wildman–Crippen MR) is 101 cm³/mol. The molecule has 3 rings (SSSR count). The van der Waals surface area contributed by atoms with Gasteiger partial charge in [0.25, 0.3) is 0 Å². The van der Waals surface area contributed by atoms with E-state index >= 15 is 0 Å². The van der Waals surface area contributed by atoms with E-state index < -0.39 is 14.8 Å². The van der Waals surface area contributed by atoms with Gasteiger partial charge in [0.1, 0.15) is 10.6 Å². The van der Waals surface area contributed by atoms with E-state index in [0.717, 1.165) is 25.3 Å². The molecule has 0 spiro atoms. The van der Waals surface area contributed by atoms with Crippen molar-refractivity contribution in [2.45, 2.75) is 43.5 Å². The third-order valence-electron chi connectivity index (χ3n) is 5.72. The van der Waals surface area contributed by atoms with E-state index in [1.165, 1.54) is 31.7 Å². The van der Waals surface area contributed by atoms with Gasteiger partial charge < -0.3 is 4.90 Å². The Balaban J connectivity index is 1.76. The van der Waals surface area contributed by atoms with Gasteiger partial charge in [-0.1, -0.05) is 13.0 Å². The van der Waals surface area contributed by atoms with Crippen molar-refractivity contribution in [2.24, 2.45) is 5.92 Å². The topological polar surface area (TPSA) is 83.8 Å². The molecule has 0 N–H and O–H groups in total. The Morgan fingerprint density at radius 2 is 1.69 bits per heavy atom. The summed E-state index contributed by atoms with van der Waals surface area (Å²) in [5, 5.41) is 11.6. The van der Waals surface area contributed by atoms with Gasteiger partial charge in [0, 0.05) is 38.5 Å². The molecule has 1 heterocycles. The number of nitro benzene ring substituents is 1. The molecule has 2 aliphatic rings. The Kier molecular flexibility index (Phi) is 5.53. The van der Waals surface area contributed by atoms with Crippen LogP contribution in [0, 0.1) is 16.0 Å². The van der Waals surface area contributed by atoms with E-state index in [9.17, 15) is 18.5 Å². The van der Waals surface area contributed by atoms with Crippen molar-refractivity contribution in [1.29, 1.82) is 0 Å². The maximum atomic E-state index is 11.9. The molecule has 0 atom stereocenters. The van der Waals surface area contributed by atoms with Crippen molar-refractivity contribution in [2.75, 3.05) is 37.3 Å². The molecule has 7 nitrogen and oxygen atoms in total. The monoisotopic (exact) mass is 381 g/mol. The molecule has 1 saturated carbocycles. The minimum Gasteiger partial charge on any atom is -0.363 e. The van der Waals surface area contributed by atoms with Gasteiger partial charge in [-0.15, -0.1) is 0 Å². The highest BCUT2D eigenvalue weighted by Gasteiger charge is 2.32. The molecule has 2 fully saturated rings. The Labute approximate surface area is 155 Å². The highest BCUT2D eigenvalue weighted by atomic mass is 32.2. The summed E-state index contributed by atoms with van der Waals surface area (Å²) in [5.41, 5.74) is 0.116. The molecule has 0 bridgehead atoms. The number of benzene rings is 1. The first kappa shape index (κ1) is 19.1. The summed E-state index contributed by atoms with van der Waals surface area (Å²) in [6, 6.07) is 5.18. The Hall–Kier alpha value is -1.67. The van der Waals surface area contributed by atoms with Gasteiger partial charge in [-0.3, -0.25) is 15.0 Å². The lowest BCUT2D eigenvalue weighted by atomic mass is 9.86. The van der Waals surface area contributed by atoms with E-state index in [2.05, 4.69) is 11.8 Å². The van der Waals surface area contributed by atoms with Crippen molar-refractivity contribution in [3.63, 3.8) is 0 Å². The lowest BCUT2D eigenvalue weighted by Gasteiger charge is -2.42. The number of sulfone groups is 1. The molecular weight excluding hydrogens is 354 g/mol. The third-order valence-corrected chi connectivity index (χ3v) is 6.84. The second-order valence-electron chi connectivity index (χ2n) is 7.59. The van der Waals surface area contributed by atoms with Crippen LogP contribution in [0.25, 0.3) is 0 Å². The van der Waals surface area contributed by atoms with Gasteiger partial charge in [-0.25, -0.2) is 8.42 Å². The van der Waals surface area contributed by atoms with Crippen molar-refractivity contribution in [3.8, 4) is 0 Å². The van der Waals surface area contributed by atoms with Crippen LogP contribution in [0.4, 0.5) is 11.4 Å². The number of rotatable bonds is 4. The van der Waals surface area contributed by atoms with E-state index in [-0.39, 0.29) is 10.6 Å². The molecule has 1 aliphatic heterocycles. The number of hydrogen-bond acceptors (Lipinski definition) is 6. The van der Waals surface area contributed by atoms with Gasteiger partial charge in [-0.05, 0) is 43.7 Å². The normalized spacial score (nSPS) is 25.2. The second kappa shape index (κ2) is 7.52. The van der Waals surface area contributed by atoms with Crippen molar-refractivity contribution in [3.05, 3.63) is 28.3 Å². The Bertz CT molecular complexity index is 765. The summed E-state index contributed by atoms with van der Waals surface area (Å²) in [7, 11) is -3.65. The minimum atomic E-state index is -3.65. The van der Waals surface area contributed by atoms with Crippen molar-refractivity contribution >= 4 is 21.2 Å². The van der Waals surface area contributed by atoms with Crippen molar-refractivity contribution < 1.29 is 13.3 Å². The average molecular weight is 381 g/mol. The van der Waals surface area contributed by atoms with Gasteiger partial charge in [-0.2, -0.15) is 0 Å². The number of hydrogen-bond donors (Lipinski definition) is 0. The maximum absolute atomic E-state index is 11.9. The van der Waals surface area contributed by atoms with Crippen LogP contribution in [0.1, 0.15) is 32.6 Å². The third kappa shape index (κ3) is 4.01. The smallest absolute Gasteiger partial charge is 0.311 e. The van der Waals surface area contributed by atoms with Crippen LogP contribution >= 0.6 is 0 Å². The molecule has 1 aromatic rings. The van der Waals surface area contributed by atoms with Crippen LogP contribution < -0.4 is 4.90 Å². The zero-order chi connectivity index (χ0) is 18.9. The van der Waals surface area contributed by atoms with Crippen LogP contribution in [0.3, 0.4) is 0 Å². The largest absolute Gasteiger partial charge is 0.363 e. The summed E-state index contributed by atoms with van der Waals surface area (Å²) in [4.78, 5) is 15.3. The molecule has 1 saturated heterocycles. The molecule has 144 valence electrons. The first-order valence-corrected chi connectivity index (χ1v) is 11.1. The Morgan fingerprint density at radius 3 is 2.23 bits per heavy atom. The number of para-hydroxylation sites is 1. The molecule has 1 aliphatic carbocycles. The van der Waals surface area contributed by atoms with E-state index in [0.29, 0.717) is 24.8 Å². The van der Waals surface area contributed by atoms with Crippen LogP contribution in [0.5, 0.6) is 0 Å². The van der Waals surface area contributed by atoms with Gasteiger partial charge >= 0.3 is 5.69 Å². The fraction of sp³-hybridized carbons (Fsp3) is 0.667. The minimum absolute atomic E-state index is 0.205. The van der Waals surface area contributed by atoms with Crippen molar-refractivity contribution in [1.82, 2.24) is 4.90 Å². The molecule has 1 aromatic carbocycles. The zero-order valence-electron chi connectivity index (χ0n) is 15.4. The number of piperazine rings is 1. The van der Waals surface area contributed by atoms with Crippen LogP contribution in [0.15, 0.2) is 23.1 Å². The van der Waals surface area contributed by atoms with Crippen LogP contribution in [-0.2, 0) is 9.84 Å². The van der Waals surface area contributed by atoms with Crippen LogP contribution in [-0.4, -0.2) is 56.7 Å². The standard InChI is InChI=1S/C18H27N3O4S/c1-14-6-8-15(9-7-14)19-10-12-20(13-11-19)16-4-3-5-17(26(2,24)25)18(16)21(22)23/h3-5,14-15H,6-13H2,1-2H3. The molecule has 8 heteroatoms. The summed E-state index contributed by atoms with van der Waals surface area (Å²) in [5.74, 6) is 0.814. The molecule has 0 unspecified atom stereocenters. The molecular formula is C18H27N3O4S. The van der Waals surface area contributed by atoms with E-state index in [1.807, 2.05) is 4.90 Å². The summed E-state index contributed by atoms with van der Waals surface area (Å²) >= 11 is 0. The first-order valence-electron chi connectivity index (χ1n) is 9.24. The Morgan fingerprint density at radius 1 is 1.08 bits per heavy atom. The zero-order valence-corrected chi connectivity index (χ0v) is 16.2. The predicted octanol–water partition coefficient (Wildman–Crippen LogP) is 2.70. The molecule has 0 radical (unpaired) electrons. The first-order chi connectivity index (χ1) is 12.3.